The number of ether oxygens (including phenoxy) is 4. The molecule has 2 aliphatic rings. The van der Waals surface area contributed by atoms with Gasteiger partial charge in [0, 0.05) is 52.7 Å². The summed E-state index contributed by atoms with van der Waals surface area (Å²) in [5.41, 5.74) is 0. The lowest BCUT2D eigenvalue weighted by Gasteiger charge is -2.22. The molecule has 0 radical (unpaired) electrons. The summed E-state index contributed by atoms with van der Waals surface area (Å²) >= 11 is 0. The number of hydrogen-bond donors (Lipinski definition) is 2. The highest BCUT2D eigenvalue weighted by molar-refractivity contribution is 5.79. The number of rotatable bonds is 11. The second kappa shape index (κ2) is 13.3. The number of nitrogens with zero attached hydrogens (tertiary/aromatic N) is 1. The van der Waals surface area contributed by atoms with Crippen molar-refractivity contribution in [3.8, 4) is 0 Å². The fraction of sp³-hybridized carbons (Fsp3) is 0.944. The highest BCUT2D eigenvalue weighted by atomic mass is 16.5. The Labute approximate surface area is 151 Å². The summed E-state index contributed by atoms with van der Waals surface area (Å²) in [6.07, 6.45) is 5.62. The second-order valence-corrected chi connectivity index (χ2v) is 6.43. The van der Waals surface area contributed by atoms with E-state index < -0.39 is 0 Å². The monoisotopic (exact) mass is 357 g/mol. The van der Waals surface area contributed by atoms with Crippen LogP contribution in [-0.4, -0.2) is 77.4 Å². The van der Waals surface area contributed by atoms with E-state index in [1.54, 1.807) is 0 Å². The van der Waals surface area contributed by atoms with Crippen LogP contribution >= 0.6 is 0 Å². The molecule has 0 bridgehead atoms. The van der Waals surface area contributed by atoms with Gasteiger partial charge in [0.2, 0.25) is 0 Å². The first kappa shape index (κ1) is 20.4. The Kier molecular flexibility index (Phi) is 10.9. The van der Waals surface area contributed by atoms with Crippen LogP contribution in [0.1, 0.15) is 39.0 Å². The van der Waals surface area contributed by atoms with Gasteiger partial charge in [0.05, 0.1) is 18.8 Å². The molecule has 2 saturated heterocycles. The first-order chi connectivity index (χ1) is 12.4. The van der Waals surface area contributed by atoms with Crippen molar-refractivity contribution < 1.29 is 18.9 Å². The Hall–Kier alpha value is -0.890. The van der Waals surface area contributed by atoms with Crippen LogP contribution in [0.5, 0.6) is 0 Å². The molecule has 2 N–H and O–H groups in total. The average Bonchev–Trinajstić information content (AvgIpc) is 3.15. The zero-order valence-electron chi connectivity index (χ0n) is 15.6. The van der Waals surface area contributed by atoms with Crippen LogP contribution in [0.25, 0.3) is 0 Å². The van der Waals surface area contributed by atoms with Crippen molar-refractivity contribution in [2.75, 3.05) is 59.3 Å². The van der Waals surface area contributed by atoms with Crippen LogP contribution in [0, 0.1) is 0 Å². The van der Waals surface area contributed by atoms with Gasteiger partial charge in [-0.2, -0.15) is 0 Å². The van der Waals surface area contributed by atoms with Gasteiger partial charge >= 0.3 is 0 Å². The number of aliphatic imine (C=N–C) groups is 1. The van der Waals surface area contributed by atoms with Gasteiger partial charge in [0.1, 0.15) is 0 Å². The van der Waals surface area contributed by atoms with Crippen LogP contribution in [0.2, 0.25) is 0 Å². The maximum atomic E-state index is 5.87. The lowest BCUT2D eigenvalue weighted by atomic mass is 10.1. The topological polar surface area (TPSA) is 73.3 Å². The molecule has 2 aliphatic heterocycles. The molecule has 2 fully saturated rings. The average molecular weight is 357 g/mol. The molecule has 146 valence electrons. The normalized spacial score (nSPS) is 22.3. The third-order valence-electron chi connectivity index (χ3n) is 4.29. The molecule has 0 aromatic rings. The number of guanidine groups is 1. The summed E-state index contributed by atoms with van der Waals surface area (Å²) < 4.78 is 22.3. The summed E-state index contributed by atoms with van der Waals surface area (Å²) in [4.78, 5) is 4.60. The summed E-state index contributed by atoms with van der Waals surface area (Å²) in [7, 11) is 0. The smallest absolute Gasteiger partial charge is 0.191 e. The van der Waals surface area contributed by atoms with Gasteiger partial charge in [0.25, 0.3) is 0 Å². The zero-order chi connectivity index (χ0) is 17.6. The van der Waals surface area contributed by atoms with Crippen molar-refractivity contribution in [2.45, 2.75) is 51.2 Å². The standard InChI is InChI=1S/C18H35N3O4/c1-2-19-18(21-9-4-11-25-17-7-14-23-15-17)20-8-3-10-24-16-5-12-22-13-6-16/h16-17H,2-15H2,1H3,(H2,19,20,21). The Morgan fingerprint density at radius 1 is 0.960 bits per heavy atom. The molecule has 0 spiro atoms. The quantitative estimate of drug-likeness (QED) is 0.330. The van der Waals surface area contributed by atoms with E-state index in [0.717, 1.165) is 97.3 Å². The van der Waals surface area contributed by atoms with Gasteiger partial charge in [-0.3, -0.25) is 4.99 Å². The Morgan fingerprint density at radius 2 is 1.68 bits per heavy atom. The van der Waals surface area contributed by atoms with E-state index in [2.05, 4.69) is 22.5 Å². The molecular weight excluding hydrogens is 322 g/mol. The van der Waals surface area contributed by atoms with E-state index >= 15 is 0 Å². The van der Waals surface area contributed by atoms with E-state index in [1.807, 2.05) is 0 Å². The fourth-order valence-electron chi connectivity index (χ4n) is 2.86. The van der Waals surface area contributed by atoms with Gasteiger partial charge in [-0.05, 0) is 39.0 Å². The molecule has 1 unspecified atom stereocenters. The molecule has 1 atom stereocenters. The summed E-state index contributed by atoms with van der Waals surface area (Å²) in [5.74, 6) is 0.873. The van der Waals surface area contributed by atoms with E-state index in [9.17, 15) is 0 Å². The van der Waals surface area contributed by atoms with E-state index in [-0.39, 0.29) is 6.10 Å². The van der Waals surface area contributed by atoms with Crippen LogP contribution in [0.4, 0.5) is 0 Å². The highest BCUT2D eigenvalue weighted by Crippen LogP contribution is 2.10. The van der Waals surface area contributed by atoms with Crippen molar-refractivity contribution >= 4 is 5.96 Å². The second-order valence-electron chi connectivity index (χ2n) is 6.43. The molecule has 0 aromatic heterocycles. The van der Waals surface area contributed by atoms with Gasteiger partial charge in [-0.15, -0.1) is 0 Å². The molecule has 7 nitrogen and oxygen atoms in total. The molecule has 0 amide bonds. The van der Waals surface area contributed by atoms with Gasteiger partial charge in [-0.1, -0.05) is 0 Å². The molecule has 7 heteroatoms. The molecular formula is C18H35N3O4. The van der Waals surface area contributed by atoms with Crippen LogP contribution in [0.15, 0.2) is 4.99 Å². The van der Waals surface area contributed by atoms with Crippen molar-refractivity contribution in [1.29, 1.82) is 0 Å². The summed E-state index contributed by atoms with van der Waals surface area (Å²) in [5, 5.41) is 6.63. The SMILES string of the molecule is CCNC(=NCCCOC1CCOCC1)NCCCOC1CCOC1. The first-order valence-corrected chi connectivity index (χ1v) is 9.79. The van der Waals surface area contributed by atoms with Crippen LogP contribution in [-0.2, 0) is 18.9 Å². The largest absolute Gasteiger partial charge is 0.381 e. The van der Waals surface area contributed by atoms with E-state index in [1.165, 1.54) is 0 Å². The fourth-order valence-corrected chi connectivity index (χ4v) is 2.86. The van der Waals surface area contributed by atoms with E-state index in [0.29, 0.717) is 6.10 Å². The molecule has 0 saturated carbocycles. The number of nitrogens with one attached hydrogen (secondary N) is 2. The van der Waals surface area contributed by atoms with Gasteiger partial charge in [-0.25, -0.2) is 0 Å². The van der Waals surface area contributed by atoms with Crippen LogP contribution < -0.4 is 10.6 Å². The summed E-state index contributed by atoms with van der Waals surface area (Å²) in [6, 6.07) is 0. The van der Waals surface area contributed by atoms with E-state index in [4.69, 9.17) is 18.9 Å². The van der Waals surface area contributed by atoms with Crippen LogP contribution in [0.3, 0.4) is 0 Å². The predicted molar refractivity (Wildman–Crippen MR) is 98.2 cm³/mol. The minimum Gasteiger partial charge on any atom is -0.381 e. The maximum Gasteiger partial charge on any atom is 0.191 e. The Bertz CT molecular complexity index is 356. The lowest BCUT2D eigenvalue weighted by Crippen LogP contribution is -2.38. The first-order valence-electron chi connectivity index (χ1n) is 9.79. The third-order valence-corrected chi connectivity index (χ3v) is 4.29. The predicted octanol–water partition coefficient (Wildman–Crippen LogP) is 1.32. The molecule has 2 rings (SSSR count). The Balaban J connectivity index is 1.49. The minimum absolute atomic E-state index is 0.289. The van der Waals surface area contributed by atoms with Crippen molar-refractivity contribution in [2.24, 2.45) is 4.99 Å². The molecule has 2 heterocycles. The lowest BCUT2D eigenvalue weighted by molar-refractivity contribution is -0.0318. The van der Waals surface area contributed by atoms with Gasteiger partial charge < -0.3 is 29.6 Å². The van der Waals surface area contributed by atoms with Crippen molar-refractivity contribution in [3.63, 3.8) is 0 Å². The highest BCUT2D eigenvalue weighted by Gasteiger charge is 2.15. The number of hydrogen-bond acceptors (Lipinski definition) is 5. The summed E-state index contributed by atoms with van der Waals surface area (Å²) in [6.45, 7) is 9.33. The third kappa shape index (κ3) is 9.39. The molecule has 25 heavy (non-hydrogen) atoms. The maximum absolute atomic E-state index is 5.87. The van der Waals surface area contributed by atoms with Gasteiger partial charge in [0.15, 0.2) is 5.96 Å². The zero-order valence-corrected chi connectivity index (χ0v) is 15.6. The minimum atomic E-state index is 0.289. The van der Waals surface area contributed by atoms with Crippen molar-refractivity contribution in [1.82, 2.24) is 10.6 Å². The molecule has 0 aromatic carbocycles. The van der Waals surface area contributed by atoms with Crippen molar-refractivity contribution in [3.05, 3.63) is 0 Å². The molecule has 0 aliphatic carbocycles. The Morgan fingerprint density at radius 3 is 2.44 bits per heavy atom.